The van der Waals surface area contributed by atoms with Gasteiger partial charge >= 0.3 is 5.97 Å². The van der Waals surface area contributed by atoms with Crippen molar-refractivity contribution in [3.8, 4) is 5.75 Å². The zero-order valence-corrected chi connectivity index (χ0v) is 17.3. The smallest absolute Gasteiger partial charge is 0.323 e. The monoisotopic (exact) mass is 401 g/mol. The highest BCUT2D eigenvalue weighted by Crippen LogP contribution is 2.26. The fraction of sp³-hybridized carbons (Fsp3) is 0.269. The molecule has 154 valence electrons. The molecule has 0 aliphatic carbocycles. The van der Waals surface area contributed by atoms with E-state index in [-0.39, 0.29) is 12.0 Å². The van der Waals surface area contributed by atoms with Crippen LogP contribution in [0.4, 0.5) is 0 Å². The summed E-state index contributed by atoms with van der Waals surface area (Å²) >= 11 is 0. The summed E-state index contributed by atoms with van der Waals surface area (Å²) in [5.74, 6) is 0.698. The fourth-order valence-corrected chi connectivity index (χ4v) is 3.88. The number of fused-ring (bicyclic) bond motifs is 1. The second-order valence-electron chi connectivity index (χ2n) is 7.56. The van der Waals surface area contributed by atoms with Gasteiger partial charge in [0.25, 0.3) is 0 Å². The first-order chi connectivity index (χ1) is 14.7. The van der Waals surface area contributed by atoms with Gasteiger partial charge in [0, 0.05) is 13.1 Å². The van der Waals surface area contributed by atoms with E-state index in [1.165, 1.54) is 11.1 Å². The van der Waals surface area contributed by atoms with Crippen LogP contribution in [-0.2, 0) is 35.6 Å². The van der Waals surface area contributed by atoms with Crippen LogP contribution < -0.4 is 4.74 Å². The fourth-order valence-electron chi connectivity index (χ4n) is 3.88. The summed E-state index contributed by atoms with van der Waals surface area (Å²) in [6, 6.07) is 26.4. The Balaban J connectivity index is 1.44. The maximum atomic E-state index is 12.6. The van der Waals surface area contributed by atoms with Crippen molar-refractivity contribution in [2.45, 2.75) is 39.1 Å². The van der Waals surface area contributed by atoms with Crippen molar-refractivity contribution in [3.63, 3.8) is 0 Å². The number of carbonyl (C=O) groups excluding carboxylic acids is 1. The molecule has 0 saturated carbocycles. The summed E-state index contributed by atoms with van der Waals surface area (Å²) in [6.45, 7) is 4.24. The minimum Gasteiger partial charge on any atom is -0.489 e. The number of rotatable bonds is 7. The lowest BCUT2D eigenvalue weighted by atomic mass is 9.93. The van der Waals surface area contributed by atoms with Crippen LogP contribution in [0, 0.1) is 0 Å². The van der Waals surface area contributed by atoms with Gasteiger partial charge in [0.05, 0.1) is 6.61 Å². The topological polar surface area (TPSA) is 38.8 Å². The molecule has 0 fully saturated rings. The zero-order valence-electron chi connectivity index (χ0n) is 17.3. The van der Waals surface area contributed by atoms with Crippen molar-refractivity contribution < 1.29 is 14.3 Å². The molecular weight excluding hydrogens is 374 g/mol. The quantitative estimate of drug-likeness (QED) is 0.535. The Morgan fingerprint density at radius 3 is 2.33 bits per heavy atom. The molecule has 1 heterocycles. The first-order valence-corrected chi connectivity index (χ1v) is 10.5. The van der Waals surface area contributed by atoms with Crippen LogP contribution in [0.15, 0.2) is 78.9 Å². The summed E-state index contributed by atoms with van der Waals surface area (Å²) in [4.78, 5) is 14.8. The summed E-state index contributed by atoms with van der Waals surface area (Å²) in [7, 11) is 0. The van der Waals surface area contributed by atoms with Crippen LogP contribution in [0.25, 0.3) is 0 Å². The van der Waals surface area contributed by atoms with Crippen LogP contribution in [0.1, 0.15) is 29.2 Å². The largest absolute Gasteiger partial charge is 0.489 e. The highest BCUT2D eigenvalue weighted by Gasteiger charge is 2.32. The van der Waals surface area contributed by atoms with Crippen molar-refractivity contribution in [1.82, 2.24) is 4.90 Å². The van der Waals surface area contributed by atoms with Crippen LogP contribution in [-0.4, -0.2) is 23.5 Å². The maximum absolute atomic E-state index is 12.6. The van der Waals surface area contributed by atoms with E-state index in [9.17, 15) is 4.79 Å². The van der Waals surface area contributed by atoms with E-state index in [4.69, 9.17) is 9.47 Å². The van der Waals surface area contributed by atoms with Gasteiger partial charge in [-0.1, -0.05) is 66.7 Å². The Morgan fingerprint density at radius 2 is 1.60 bits per heavy atom. The third kappa shape index (κ3) is 4.89. The van der Waals surface area contributed by atoms with E-state index >= 15 is 0 Å². The van der Waals surface area contributed by atoms with Crippen molar-refractivity contribution in [3.05, 3.63) is 101 Å². The lowest BCUT2D eigenvalue weighted by molar-refractivity contribution is -0.150. The number of nitrogens with zero attached hydrogens (tertiary/aromatic N) is 1. The van der Waals surface area contributed by atoms with Gasteiger partial charge in [-0.3, -0.25) is 9.69 Å². The molecular formula is C26H27NO3. The summed E-state index contributed by atoms with van der Waals surface area (Å²) in [6.07, 6.45) is 0.688. The average molecular weight is 402 g/mol. The van der Waals surface area contributed by atoms with Crippen LogP contribution >= 0.6 is 0 Å². The molecule has 4 nitrogen and oxygen atoms in total. The molecule has 0 spiro atoms. The molecule has 0 bridgehead atoms. The molecule has 1 aliphatic rings. The van der Waals surface area contributed by atoms with Gasteiger partial charge in [0.15, 0.2) is 0 Å². The van der Waals surface area contributed by atoms with Gasteiger partial charge in [-0.25, -0.2) is 0 Å². The second-order valence-corrected chi connectivity index (χ2v) is 7.56. The molecule has 3 aromatic rings. The first-order valence-electron chi connectivity index (χ1n) is 10.5. The SMILES string of the molecule is CCOC(=O)[C@@H]1Cc2ccccc2CN1Cc1ccc(OCc2ccccc2)cc1. The number of ether oxygens (including phenoxy) is 2. The standard InChI is InChI=1S/C26H27NO3/c1-2-29-26(28)25-16-22-10-6-7-11-23(22)18-27(25)17-20-12-14-24(15-13-20)30-19-21-8-4-3-5-9-21/h3-15,25H,2,16-19H2,1H3/t25-/m0/s1. The molecule has 1 aliphatic heterocycles. The lowest BCUT2D eigenvalue weighted by Gasteiger charge is -2.35. The molecule has 30 heavy (non-hydrogen) atoms. The normalized spacial score (nSPS) is 16.0. The number of carbonyl (C=O) groups is 1. The molecule has 3 aromatic carbocycles. The first kappa shape index (κ1) is 20.2. The molecule has 4 heteroatoms. The minimum absolute atomic E-state index is 0.144. The summed E-state index contributed by atoms with van der Waals surface area (Å²) < 4.78 is 11.2. The van der Waals surface area contributed by atoms with E-state index in [2.05, 4.69) is 47.4 Å². The van der Waals surface area contributed by atoms with Crippen molar-refractivity contribution >= 4 is 5.97 Å². The number of hydrogen-bond acceptors (Lipinski definition) is 4. The van der Waals surface area contributed by atoms with E-state index < -0.39 is 0 Å². The van der Waals surface area contributed by atoms with Crippen LogP contribution in [0.2, 0.25) is 0 Å². The van der Waals surface area contributed by atoms with Gasteiger partial charge < -0.3 is 9.47 Å². The number of benzene rings is 3. The molecule has 1 atom stereocenters. The Hall–Kier alpha value is -3.11. The number of esters is 1. The molecule has 0 radical (unpaired) electrons. The number of hydrogen-bond donors (Lipinski definition) is 0. The van der Waals surface area contributed by atoms with E-state index in [1.54, 1.807) is 0 Å². The van der Waals surface area contributed by atoms with Gasteiger partial charge in [0.2, 0.25) is 0 Å². The molecule has 0 N–H and O–H groups in total. The second kappa shape index (κ2) is 9.59. The average Bonchev–Trinajstić information content (AvgIpc) is 2.79. The van der Waals surface area contributed by atoms with Crippen LogP contribution in [0.5, 0.6) is 5.75 Å². The maximum Gasteiger partial charge on any atom is 0.323 e. The molecule has 4 rings (SSSR count). The molecule has 0 aromatic heterocycles. The van der Waals surface area contributed by atoms with Gasteiger partial charge in [-0.05, 0) is 47.7 Å². The zero-order chi connectivity index (χ0) is 20.8. The van der Waals surface area contributed by atoms with E-state index in [0.717, 1.165) is 23.4 Å². The Morgan fingerprint density at radius 1 is 0.900 bits per heavy atom. The third-order valence-electron chi connectivity index (χ3n) is 5.46. The third-order valence-corrected chi connectivity index (χ3v) is 5.46. The summed E-state index contributed by atoms with van der Waals surface area (Å²) in [5, 5.41) is 0. The highest BCUT2D eigenvalue weighted by atomic mass is 16.5. The van der Waals surface area contributed by atoms with Crippen molar-refractivity contribution in [2.24, 2.45) is 0 Å². The highest BCUT2D eigenvalue weighted by molar-refractivity contribution is 5.76. The predicted octanol–water partition coefficient (Wildman–Crippen LogP) is 4.76. The Kier molecular flexibility index (Phi) is 6.45. The van der Waals surface area contributed by atoms with E-state index in [1.807, 2.05) is 43.3 Å². The van der Waals surface area contributed by atoms with Gasteiger partial charge in [0.1, 0.15) is 18.4 Å². The summed E-state index contributed by atoms with van der Waals surface area (Å²) in [5.41, 5.74) is 4.80. The Labute approximate surface area is 178 Å². The molecule has 0 unspecified atom stereocenters. The van der Waals surface area contributed by atoms with Gasteiger partial charge in [-0.15, -0.1) is 0 Å². The predicted molar refractivity (Wildman–Crippen MR) is 117 cm³/mol. The van der Waals surface area contributed by atoms with E-state index in [0.29, 0.717) is 26.2 Å². The van der Waals surface area contributed by atoms with Crippen molar-refractivity contribution in [2.75, 3.05) is 6.61 Å². The minimum atomic E-state index is -0.256. The molecule has 0 saturated heterocycles. The lowest BCUT2D eigenvalue weighted by Crippen LogP contribution is -2.45. The van der Waals surface area contributed by atoms with Crippen LogP contribution in [0.3, 0.4) is 0 Å². The molecule has 0 amide bonds. The van der Waals surface area contributed by atoms with Crippen molar-refractivity contribution in [1.29, 1.82) is 0 Å². The van der Waals surface area contributed by atoms with Gasteiger partial charge in [-0.2, -0.15) is 0 Å². The Bertz CT molecular complexity index is 969.